The molecule has 23 heavy (non-hydrogen) atoms. The van der Waals surface area contributed by atoms with E-state index in [0.717, 1.165) is 0 Å². The van der Waals surface area contributed by atoms with Gasteiger partial charge < -0.3 is 9.47 Å². The smallest absolute Gasteiger partial charge is 0.280 e. The lowest BCUT2D eigenvalue weighted by Gasteiger charge is -2.08. The molecule has 0 spiro atoms. The molecule has 0 radical (unpaired) electrons. The number of benzene rings is 2. The summed E-state index contributed by atoms with van der Waals surface area (Å²) in [5, 5.41) is 10.7. The van der Waals surface area contributed by atoms with Crippen molar-refractivity contribution in [2.75, 3.05) is 14.2 Å². The van der Waals surface area contributed by atoms with Gasteiger partial charge in [-0.2, -0.15) is 0 Å². The number of hydrogen-bond donors (Lipinski definition) is 0. The molecule has 5 heteroatoms. The Kier molecular flexibility index (Phi) is 7.07. The van der Waals surface area contributed by atoms with Gasteiger partial charge in [0.15, 0.2) is 11.5 Å². The highest BCUT2D eigenvalue weighted by Gasteiger charge is 2.17. The molecule has 120 valence electrons. The highest BCUT2D eigenvalue weighted by molar-refractivity contribution is 5.65. The van der Waals surface area contributed by atoms with Crippen LogP contribution in [0.1, 0.15) is 11.1 Å². The van der Waals surface area contributed by atoms with Crippen molar-refractivity contribution in [2.45, 2.75) is 0 Å². The predicted octanol–water partition coefficient (Wildman–Crippen LogP) is 4.58. The van der Waals surface area contributed by atoms with Crippen LogP contribution in [-0.4, -0.2) is 19.1 Å². The van der Waals surface area contributed by atoms with E-state index in [1.54, 1.807) is 0 Å². The summed E-state index contributed by atoms with van der Waals surface area (Å²) in [6.07, 6.45) is 3.24. The Hall–Kier alpha value is -3.08. The first-order valence-electron chi connectivity index (χ1n) is 6.77. The van der Waals surface area contributed by atoms with E-state index in [4.69, 9.17) is 9.47 Å². The van der Waals surface area contributed by atoms with E-state index < -0.39 is 4.92 Å². The summed E-state index contributed by atoms with van der Waals surface area (Å²) in [4.78, 5) is 10.2. The first-order chi connectivity index (χ1) is 11.1. The van der Waals surface area contributed by atoms with Gasteiger partial charge in [0.2, 0.25) is 0 Å². The molecule has 0 heterocycles. The van der Waals surface area contributed by atoms with E-state index in [0.29, 0.717) is 17.1 Å². The maximum atomic E-state index is 10.7. The average molecular weight is 313 g/mol. The number of hydrogen-bond acceptors (Lipinski definition) is 4. The molecule has 0 saturated heterocycles. The van der Waals surface area contributed by atoms with Crippen LogP contribution in [-0.2, 0) is 0 Å². The van der Waals surface area contributed by atoms with E-state index in [-0.39, 0.29) is 5.69 Å². The first-order valence-corrected chi connectivity index (χ1v) is 6.77. The van der Waals surface area contributed by atoms with Crippen LogP contribution in [0.25, 0.3) is 12.2 Å². The van der Waals surface area contributed by atoms with Gasteiger partial charge in [-0.1, -0.05) is 55.6 Å². The third kappa shape index (κ3) is 5.00. The van der Waals surface area contributed by atoms with Crippen molar-refractivity contribution in [1.29, 1.82) is 0 Å². The van der Waals surface area contributed by atoms with Gasteiger partial charge in [0, 0.05) is 0 Å². The van der Waals surface area contributed by atoms with Crippen molar-refractivity contribution in [3.8, 4) is 11.5 Å². The molecule has 2 aromatic carbocycles. The van der Waals surface area contributed by atoms with E-state index in [9.17, 15) is 10.1 Å². The van der Waals surface area contributed by atoms with Gasteiger partial charge in [0.05, 0.1) is 30.8 Å². The molecule has 0 bridgehead atoms. The molecule has 5 nitrogen and oxygen atoms in total. The Balaban J connectivity index is 0.000000277. The molecule has 0 amide bonds. The molecular formula is C18H19NO4. The van der Waals surface area contributed by atoms with E-state index in [1.807, 2.05) is 36.4 Å². The molecule has 0 saturated carbocycles. The molecular weight excluding hydrogens is 294 g/mol. The monoisotopic (exact) mass is 313 g/mol. The van der Waals surface area contributed by atoms with Crippen LogP contribution in [0.5, 0.6) is 11.5 Å². The fraction of sp³-hybridized carbons (Fsp3) is 0.111. The van der Waals surface area contributed by atoms with Crippen molar-refractivity contribution in [3.63, 3.8) is 0 Å². The van der Waals surface area contributed by atoms with Gasteiger partial charge in [-0.25, -0.2) is 0 Å². The minimum Gasteiger partial charge on any atom is -0.493 e. The number of nitrogens with zero attached hydrogens (tertiary/aromatic N) is 1. The van der Waals surface area contributed by atoms with Crippen LogP contribution in [0.15, 0.2) is 55.6 Å². The summed E-state index contributed by atoms with van der Waals surface area (Å²) >= 11 is 0. The largest absolute Gasteiger partial charge is 0.493 e. The summed E-state index contributed by atoms with van der Waals surface area (Å²) in [6.45, 7) is 7.13. The fourth-order valence-electron chi connectivity index (χ4n) is 1.79. The number of nitro benzene ring substituents is 1. The molecule has 0 aliphatic rings. The highest BCUT2D eigenvalue weighted by atomic mass is 16.6. The lowest BCUT2D eigenvalue weighted by Crippen LogP contribution is -1.96. The normalized spacial score (nSPS) is 9.13. The summed E-state index contributed by atoms with van der Waals surface area (Å²) in [6, 6.07) is 12.9. The summed E-state index contributed by atoms with van der Waals surface area (Å²) < 4.78 is 9.98. The van der Waals surface area contributed by atoms with Crippen molar-refractivity contribution in [2.24, 2.45) is 0 Å². The zero-order valence-electron chi connectivity index (χ0n) is 13.2. The Bertz CT molecular complexity index is 681. The van der Waals surface area contributed by atoms with Crippen LogP contribution >= 0.6 is 0 Å². The van der Waals surface area contributed by atoms with E-state index >= 15 is 0 Å². The lowest BCUT2D eigenvalue weighted by molar-refractivity contribution is -0.385. The number of rotatable bonds is 5. The predicted molar refractivity (Wildman–Crippen MR) is 92.8 cm³/mol. The Morgan fingerprint density at radius 2 is 1.57 bits per heavy atom. The average Bonchev–Trinajstić information content (AvgIpc) is 2.61. The highest BCUT2D eigenvalue weighted by Crippen LogP contribution is 2.34. The third-order valence-corrected chi connectivity index (χ3v) is 2.98. The fourth-order valence-corrected chi connectivity index (χ4v) is 1.79. The minimum atomic E-state index is -0.487. The molecule has 0 unspecified atom stereocenters. The van der Waals surface area contributed by atoms with Crippen LogP contribution in [0.3, 0.4) is 0 Å². The Morgan fingerprint density at radius 1 is 1.00 bits per heavy atom. The molecule has 0 fully saturated rings. The van der Waals surface area contributed by atoms with Gasteiger partial charge in [0.1, 0.15) is 0 Å². The van der Waals surface area contributed by atoms with Gasteiger partial charge in [0.25, 0.3) is 5.69 Å². The maximum absolute atomic E-state index is 10.7. The molecule has 2 rings (SSSR count). The number of nitro groups is 1. The SMILES string of the molecule is C=Cc1cc(OC)c(OC)cc1[N+](=O)[O-].C=Cc1ccccc1. The number of ether oxygens (including phenoxy) is 2. The molecule has 0 N–H and O–H groups in total. The Morgan fingerprint density at radius 3 is 1.96 bits per heavy atom. The maximum Gasteiger partial charge on any atom is 0.280 e. The molecule has 0 aliphatic heterocycles. The van der Waals surface area contributed by atoms with Crippen molar-refractivity contribution >= 4 is 17.8 Å². The second kappa shape index (κ2) is 9.04. The van der Waals surface area contributed by atoms with Crippen molar-refractivity contribution in [1.82, 2.24) is 0 Å². The standard InChI is InChI=1S/C10H11NO4.C8H8/c1-4-7-5-9(14-2)10(15-3)6-8(7)11(12)13;1-2-8-6-4-3-5-7-8/h4-6H,1H2,2-3H3;2-7H,1H2. The molecule has 2 aromatic rings. The zero-order chi connectivity index (χ0) is 17.2. The van der Waals surface area contributed by atoms with Crippen LogP contribution < -0.4 is 9.47 Å². The zero-order valence-corrected chi connectivity index (χ0v) is 13.2. The van der Waals surface area contributed by atoms with E-state index in [1.165, 1.54) is 38.0 Å². The van der Waals surface area contributed by atoms with Crippen LogP contribution in [0.4, 0.5) is 5.69 Å². The van der Waals surface area contributed by atoms with Gasteiger partial charge in [-0.3, -0.25) is 10.1 Å². The third-order valence-electron chi connectivity index (χ3n) is 2.98. The van der Waals surface area contributed by atoms with Crippen LogP contribution in [0, 0.1) is 10.1 Å². The first kappa shape index (κ1) is 18.0. The van der Waals surface area contributed by atoms with Crippen molar-refractivity contribution in [3.05, 3.63) is 76.9 Å². The molecule has 0 aromatic heterocycles. The second-order valence-corrected chi connectivity index (χ2v) is 4.34. The number of methoxy groups -OCH3 is 2. The van der Waals surface area contributed by atoms with E-state index in [2.05, 4.69) is 13.2 Å². The lowest BCUT2D eigenvalue weighted by atomic mass is 10.1. The summed E-state index contributed by atoms with van der Waals surface area (Å²) in [7, 11) is 2.89. The summed E-state index contributed by atoms with van der Waals surface area (Å²) in [5.41, 5.74) is 1.52. The van der Waals surface area contributed by atoms with Crippen LogP contribution in [0.2, 0.25) is 0 Å². The Labute approximate surface area is 135 Å². The summed E-state index contributed by atoms with van der Waals surface area (Å²) in [5.74, 6) is 0.771. The second-order valence-electron chi connectivity index (χ2n) is 4.34. The molecule has 0 aliphatic carbocycles. The minimum absolute atomic E-state index is 0.0531. The van der Waals surface area contributed by atoms with Gasteiger partial charge in [-0.05, 0) is 11.6 Å². The van der Waals surface area contributed by atoms with Gasteiger partial charge >= 0.3 is 0 Å². The molecule has 0 atom stereocenters. The topological polar surface area (TPSA) is 61.6 Å². The van der Waals surface area contributed by atoms with Crippen molar-refractivity contribution < 1.29 is 14.4 Å². The van der Waals surface area contributed by atoms with Gasteiger partial charge in [-0.15, -0.1) is 0 Å². The quantitative estimate of drug-likeness (QED) is 0.598.